The lowest BCUT2D eigenvalue weighted by molar-refractivity contribution is -0.122. The second kappa shape index (κ2) is 7.31. The monoisotopic (exact) mass is 437 g/mol. The van der Waals surface area contributed by atoms with Crippen LogP contribution in [-0.2, 0) is 9.59 Å². The molecule has 0 saturated carbocycles. The smallest absolute Gasteiger partial charge is 0.238 e. The maximum absolute atomic E-state index is 13.9. The van der Waals surface area contributed by atoms with E-state index >= 15 is 0 Å². The van der Waals surface area contributed by atoms with E-state index in [2.05, 4.69) is 44.2 Å². The Morgan fingerprint density at radius 1 is 0.788 bits per heavy atom. The predicted molar refractivity (Wildman–Crippen MR) is 128 cm³/mol. The fraction of sp³-hybridized carbons (Fsp3) is 0.310. The van der Waals surface area contributed by atoms with E-state index in [9.17, 15) is 9.59 Å². The fourth-order valence-electron chi connectivity index (χ4n) is 6.22. The average molecular weight is 438 g/mol. The lowest BCUT2D eigenvalue weighted by Crippen LogP contribution is -2.41. The number of benzene rings is 3. The van der Waals surface area contributed by atoms with Gasteiger partial charge in [0.15, 0.2) is 0 Å². The highest BCUT2D eigenvalue weighted by Crippen LogP contribution is 2.61. The van der Waals surface area contributed by atoms with Crippen LogP contribution in [0.25, 0.3) is 0 Å². The van der Waals surface area contributed by atoms with Crippen molar-refractivity contribution in [2.45, 2.75) is 38.5 Å². The van der Waals surface area contributed by atoms with Gasteiger partial charge in [0.2, 0.25) is 11.8 Å². The lowest BCUT2D eigenvalue weighted by Gasteiger charge is -2.46. The summed E-state index contributed by atoms with van der Waals surface area (Å²) in [6, 6.07) is 22.3. The highest BCUT2D eigenvalue weighted by atomic mass is 16.5. The van der Waals surface area contributed by atoms with Gasteiger partial charge >= 0.3 is 0 Å². The second-order valence-corrected chi connectivity index (χ2v) is 9.62. The van der Waals surface area contributed by atoms with Gasteiger partial charge in [-0.25, -0.2) is 4.90 Å². The molecule has 7 rings (SSSR count). The van der Waals surface area contributed by atoms with Gasteiger partial charge in [0.1, 0.15) is 5.75 Å². The highest BCUT2D eigenvalue weighted by molar-refractivity contribution is 6.23. The summed E-state index contributed by atoms with van der Waals surface area (Å²) < 4.78 is 5.54. The minimum atomic E-state index is -0.362. The Balaban J connectivity index is 1.49. The summed E-state index contributed by atoms with van der Waals surface area (Å²) in [4.78, 5) is 29.1. The molecule has 4 heteroatoms. The molecule has 0 spiro atoms. The van der Waals surface area contributed by atoms with Crippen LogP contribution in [0.1, 0.15) is 66.3 Å². The summed E-state index contributed by atoms with van der Waals surface area (Å²) in [6.07, 6.45) is 0. The maximum Gasteiger partial charge on any atom is 0.238 e. The summed E-state index contributed by atoms with van der Waals surface area (Å²) in [5, 5.41) is 0. The lowest BCUT2D eigenvalue weighted by atomic mass is 9.54. The van der Waals surface area contributed by atoms with Gasteiger partial charge in [0.05, 0.1) is 24.1 Å². The van der Waals surface area contributed by atoms with Crippen molar-refractivity contribution in [1.29, 1.82) is 0 Å². The van der Waals surface area contributed by atoms with Crippen LogP contribution < -0.4 is 9.64 Å². The number of hydrogen-bond acceptors (Lipinski definition) is 3. The van der Waals surface area contributed by atoms with Crippen molar-refractivity contribution in [3.05, 3.63) is 94.5 Å². The SMILES string of the molecule is CCOc1ccc(N2C(=O)C3C4c5ccccc5C(c5cc(C(C)C)ccc54)C3C2=O)cc1. The molecular weight excluding hydrogens is 410 g/mol. The normalized spacial score (nSPS) is 24.7. The number of anilines is 1. The van der Waals surface area contributed by atoms with Crippen LogP contribution in [0.2, 0.25) is 0 Å². The number of carbonyl (C=O) groups excluding carboxylic acids is 2. The molecule has 0 aromatic heterocycles. The zero-order valence-electron chi connectivity index (χ0n) is 19.1. The van der Waals surface area contributed by atoms with Crippen LogP contribution in [0.15, 0.2) is 66.7 Å². The summed E-state index contributed by atoms with van der Waals surface area (Å²) in [5.41, 5.74) is 6.73. The molecule has 166 valence electrons. The standard InChI is InChI=1S/C29H27NO3/c1-4-33-19-12-10-18(11-13-19)30-28(31)26-24-20-7-5-6-8-21(20)25(27(26)29(30)32)23-15-17(16(2)3)9-14-22(23)24/h5-16,24-27H,4H2,1-3H3. The van der Waals surface area contributed by atoms with E-state index in [4.69, 9.17) is 4.74 Å². The molecule has 33 heavy (non-hydrogen) atoms. The zero-order valence-corrected chi connectivity index (χ0v) is 19.1. The molecule has 4 unspecified atom stereocenters. The summed E-state index contributed by atoms with van der Waals surface area (Å²) >= 11 is 0. The van der Waals surface area contributed by atoms with Gasteiger partial charge in [-0.15, -0.1) is 0 Å². The number of hydrogen-bond donors (Lipinski definition) is 0. The first-order valence-electron chi connectivity index (χ1n) is 11.8. The zero-order chi connectivity index (χ0) is 22.9. The molecule has 3 aromatic carbocycles. The molecule has 2 amide bonds. The molecule has 1 fully saturated rings. The van der Waals surface area contributed by atoms with Crippen LogP contribution in [0.4, 0.5) is 5.69 Å². The van der Waals surface area contributed by atoms with Crippen LogP contribution in [0, 0.1) is 11.8 Å². The second-order valence-electron chi connectivity index (χ2n) is 9.62. The minimum Gasteiger partial charge on any atom is -0.494 e. The molecule has 0 N–H and O–H groups in total. The van der Waals surface area contributed by atoms with Crippen LogP contribution in [0.3, 0.4) is 0 Å². The molecule has 1 heterocycles. The first kappa shape index (κ1) is 20.2. The minimum absolute atomic E-state index is 0.0840. The number of carbonyl (C=O) groups is 2. The van der Waals surface area contributed by atoms with Gasteiger partial charge in [-0.2, -0.15) is 0 Å². The van der Waals surface area contributed by atoms with Crippen molar-refractivity contribution in [3.8, 4) is 5.75 Å². The summed E-state index contributed by atoms with van der Waals surface area (Å²) in [5.74, 6) is 0.0734. The third-order valence-electron chi connectivity index (χ3n) is 7.64. The van der Waals surface area contributed by atoms with E-state index in [1.165, 1.54) is 32.7 Å². The van der Waals surface area contributed by atoms with Gasteiger partial charge in [0, 0.05) is 11.8 Å². The molecule has 4 nitrogen and oxygen atoms in total. The van der Waals surface area contributed by atoms with Gasteiger partial charge < -0.3 is 4.74 Å². The number of imide groups is 1. The van der Waals surface area contributed by atoms with Crippen molar-refractivity contribution in [3.63, 3.8) is 0 Å². The predicted octanol–water partition coefficient (Wildman–Crippen LogP) is 5.61. The molecule has 3 aliphatic carbocycles. The molecule has 1 saturated heterocycles. The topological polar surface area (TPSA) is 46.6 Å². The van der Waals surface area contributed by atoms with Gasteiger partial charge in [0.25, 0.3) is 0 Å². The van der Waals surface area contributed by atoms with Crippen molar-refractivity contribution in [2.24, 2.45) is 11.8 Å². The van der Waals surface area contributed by atoms with Crippen molar-refractivity contribution in [2.75, 3.05) is 11.5 Å². The number of amides is 2. The number of rotatable bonds is 4. The largest absolute Gasteiger partial charge is 0.494 e. The molecular formula is C29H27NO3. The van der Waals surface area contributed by atoms with Crippen molar-refractivity contribution in [1.82, 2.24) is 0 Å². The Kier molecular flexibility index (Phi) is 4.48. The van der Waals surface area contributed by atoms with Crippen molar-refractivity contribution >= 4 is 17.5 Å². The third-order valence-corrected chi connectivity index (χ3v) is 7.64. The van der Waals surface area contributed by atoms with E-state index in [1.807, 2.05) is 43.3 Å². The van der Waals surface area contributed by atoms with Crippen LogP contribution >= 0.6 is 0 Å². The van der Waals surface area contributed by atoms with Crippen LogP contribution in [0.5, 0.6) is 5.75 Å². The summed E-state index contributed by atoms with van der Waals surface area (Å²) in [6.45, 7) is 6.89. The average Bonchev–Trinajstić information content (AvgIpc) is 3.10. The van der Waals surface area contributed by atoms with E-state index in [-0.39, 0.29) is 35.5 Å². The van der Waals surface area contributed by atoms with E-state index in [0.717, 1.165) is 5.75 Å². The van der Waals surface area contributed by atoms with E-state index in [0.29, 0.717) is 18.2 Å². The van der Waals surface area contributed by atoms with Gasteiger partial charge in [-0.1, -0.05) is 56.3 Å². The third kappa shape index (κ3) is 2.76. The quantitative estimate of drug-likeness (QED) is 0.499. The molecule has 0 radical (unpaired) electrons. The molecule has 4 atom stereocenters. The molecule has 1 aliphatic heterocycles. The molecule has 4 aliphatic rings. The number of ether oxygens (including phenoxy) is 1. The van der Waals surface area contributed by atoms with Crippen LogP contribution in [-0.4, -0.2) is 18.4 Å². The van der Waals surface area contributed by atoms with Crippen molar-refractivity contribution < 1.29 is 14.3 Å². The first-order valence-corrected chi connectivity index (χ1v) is 11.8. The Labute approximate surface area is 194 Å². The summed E-state index contributed by atoms with van der Waals surface area (Å²) in [7, 11) is 0. The molecule has 3 aromatic rings. The fourth-order valence-corrected chi connectivity index (χ4v) is 6.22. The Morgan fingerprint density at radius 3 is 1.94 bits per heavy atom. The van der Waals surface area contributed by atoms with E-state index in [1.54, 1.807) is 0 Å². The Morgan fingerprint density at radius 2 is 1.36 bits per heavy atom. The Bertz CT molecular complexity index is 1280. The number of nitrogens with zero attached hydrogens (tertiary/aromatic N) is 1. The van der Waals surface area contributed by atoms with Gasteiger partial charge in [-0.3, -0.25) is 9.59 Å². The molecule has 2 bridgehead atoms. The first-order chi connectivity index (χ1) is 16.0. The maximum atomic E-state index is 13.9. The van der Waals surface area contributed by atoms with E-state index < -0.39 is 0 Å². The Hall–Kier alpha value is -3.40. The van der Waals surface area contributed by atoms with Gasteiger partial charge in [-0.05, 0) is 64.9 Å². The highest BCUT2D eigenvalue weighted by Gasteiger charge is 2.61.